The van der Waals surface area contributed by atoms with E-state index in [4.69, 9.17) is 11.6 Å². The molecule has 0 aromatic heterocycles. The number of hydrogen-bond donors (Lipinski definition) is 1. The normalized spacial score (nSPS) is 14.7. The molecule has 0 heterocycles. The lowest BCUT2D eigenvalue weighted by Crippen LogP contribution is -2.47. The van der Waals surface area contributed by atoms with Gasteiger partial charge in [0.15, 0.2) is 0 Å². The van der Waals surface area contributed by atoms with Crippen LogP contribution in [0.4, 0.5) is 0 Å². The minimum absolute atomic E-state index is 0.117. The summed E-state index contributed by atoms with van der Waals surface area (Å²) < 4.78 is 25.0. The predicted octanol–water partition coefficient (Wildman–Crippen LogP) is 4.31. The first kappa shape index (κ1) is 27.9. The molecule has 194 valence electrons. The van der Waals surface area contributed by atoms with Gasteiger partial charge in [-0.05, 0) is 55.4 Å². The lowest BCUT2D eigenvalue weighted by molar-refractivity contribution is -0.141. The van der Waals surface area contributed by atoms with Crippen molar-refractivity contribution in [3.63, 3.8) is 0 Å². The molecule has 1 atom stereocenters. The van der Waals surface area contributed by atoms with Crippen LogP contribution in [0.5, 0.6) is 0 Å². The van der Waals surface area contributed by atoms with Gasteiger partial charge in [-0.2, -0.15) is 4.31 Å². The third-order valence-corrected chi connectivity index (χ3v) is 7.83. The highest BCUT2D eigenvalue weighted by molar-refractivity contribution is 7.88. The Morgan fingerprint density at radius 3 is 2.36 bits per heavy atom. The number of rotatable bonds is 11. The predicted molar refractivity (Wildman–Crippen MR) is 143 cm³/mol. The standard InChI is InChI=1S/C27H34ClN3O4S/c1-30(36(2,34)35)20-25(32)31(19-22-13-15-24(28)16-14-22)26(23-11-7-4-8-12-23)27(33)29-18-17-21-9-5-3-6-10-21/h4,7-9,11-16,26H,3,5-6,10,17-20H2,1-2H3,(H,29,33). The van der Waals surface area contributed by atoms with E-state index in [-0.39, 0.29) is 19.0 Å². The van der Waals surface area contributed by atoms with Crippen LogP contribution in [-0.2, 0) is 26.2 Å². The average Bonchev–Trinajstić information content (AvgIpc) is 2.85. The van der Waals surface area contributed by atoms with Crippen molar-refractivity contribution in [3.8, 4) is 0 Å². The van der Waals surface area contributed by atoms with Crippen molar-refractivity contribution >= 4 is 33.4 Å². The van der Waals surface area contributed by atoms with E-state index in [1.165, 1.54) is 30.4 Å². The molecule has 0 saturated heterocycles. The third-order valence-electron chi connectivity index (χ3n) is 6.32. The average molecular weight is 532 g/mol. The van der Waals surface area contributed by atoms with E-state index in [9.17, 15) is 18.0 Å². The lowest BCUT2D eigenvalue weighted by atomic mass is 9.97. The summed E-state index contributed by atoms with van der Waals surface area (Å²) in [6, 6.07) is 15.2. The Morgan fingerprint density at radius 1 is 1.06 bits per heavy atom. The summed E-state index contributed by atoms with van der Waals surface area (Å²) >= 11 is 6.04. The van der Waals surface area contributed by atoms with Crippen molar-refractivity contribution in [1.82, 2.24) is 14.5 Å². The van der Waals surface area contributed by atoms with E-state index in [2.05, 4.69) is 11.4 Å². The lowest BCUT2D eigenvalue weighted by Gasteiger charge is -2.32. The van der Waals surface area contributed by atoms with Crippen molar-refractivity contribution in [3.05, 3.63) is 82.4 Å². The molecule has 1 aliphatic carbocycles. The second-order valence-electron chi connectivity index (χ2n) is 9.13. The fourth-order valence-electron chi connectivity index (χ4n) is 4.19. The van der Waals surface area contributed by atoms with Gasteiger partial charge in [-0.3, -0.25) is 9.59 Å². The zero-order valence-electron chi connectivity index (χ0n) is 20.8. The molecule has 0 saturated carbocycles. The molecule has 2 aromatic carbocycles. The number of halogens is 1. The number of likely N-dealkylation sites (N-methyl/N-ethyl adjacent to an activating group) is 1. The number of benzene rings is 2. The van der Waals surface area contributed by atoms with Gasteiger partial charge in [0.1, 0.15) is 6.04 Å². The molecule has 3 rings (SSSR count). The van der Waals surface area contributed by atoms with E-state index < -0.39 is 22.0 Å². The summed E-state index contributed by atoms with van der Waals surface area (Å²) in [5.74, 6) is -0.779. The fraction of sp³-hybridized carbons (Fsp3) is 0.407. The molecule has 7 nitrogen and oxygen atoms in total. The van der Waals surface area contributed by atoms with Crippen LogP contribution in [0.15, 0.2) is 66.2 Å². The molecule has 2 aromatic rings. The Bertz CT molecular complexity index is 1170. The number of carbonyl (C=O) groups excluding carboxylic acids is 2. The Morgan fingerprint density at radius 2 is 1.75 bits per heavy atom. The summed E-state index contributed by atoms with van der Waals surface area (Å²) in [5.41, 5.74) is 2.77. The Hall–Kier alpha value is -2.68. The maximum atomic E-state index is 13.6. The van der Waals surface area contributed by atoms with Crippen LogP contribution in [0.2, 0.25) is 5.02 Å². The quantitative estimate of drug-likeness (QED) is 0.438. The van der Waals surface area contributed by atoms with Crippen LogP contribution in [0, 0.1) is 0 Å². The first-order valence-electron chi connectivity index (χ1n) is 12.1. The molecule has 0 spiro atoms. The number of sulfonamides is 1. The molecule has 9 heteroatoms. The topological polar surface area (TPSA) is 86.8 Å². The highest BCUT2D eigenvalue weighted by Gasteiger charge is 2.32. The Balaban J connectivity index is 1.89. The van der Waals surface area contributed by atoms with Gasteiger partial charge in [0.25, 0.3) is 0 Å². The number of nitrogens with zero attached hydrogens (tertiary/aromatic N) is 2. The SMILES string of the molecule is CN(CC(=O)N(Cc1ccc(Cl)cc1)C(C(=O)NCCC1=CCCCC1)c1ccccc1)S(C)(=O)=O. The van der Waals surface area contributed by atoms with Crippen molar-refractivity contribution in [2.45, 2.75) is 44.7 Å². The monoisotopic (exact) mass is 531 g/mol. The van der Waals surface area contributed by atoms with Crippen molar-refractivity contribution in [2.75, 3.05) is 26.4 Å². The zero-order valence-corrected chi connectivity index (χ0v) is 22.4. The van der Waals surface area contributed by atoms with Crippen LogP contribution in [0.25, 0.3) is 0 Å². The molecular formula is C27H34ClN3O4S. The Labute approximate surface area is 219 Å². The minimum atomic E-state index is -3.59. The highest BCUT2D eigenvalue weighted by atomic mass is 35.5. The van der Waals surface area contributed by atoms with Gasteiger partial charge in [-0.25, -0.2) is 8.42 Å². The number of nitrogens with one attached hydrogen (secondary N) is 1. The number of hydrogen-bond acceptors (Lipinski definition) is 4. The number of allylic oxidation sites excluding steroid dienone is 1. The Kier molecular flexibility index (Phi) is 10.1. The van der Waals surface area contributed by atoms with Gasteiger partial charge in [0, 0.05) is 25.2 Å². The van der Waals surface area contributed by atoms with E-state index >= 15 is 0 Å². The van der Waals surface area contributed by atoms with Gasteiger partial charge in [-0.1, -0.05) is 65.7 Å². The molecule has 1 N–H and O–H groups in total. The largest absolute Gasteiger partial charge is 0.354 e. The summed E-state index contributed by atoms with van der Waals surface area (Å²) in [5, 5.41) is 3.57. The maximum Gasteiger partial charge on any atom is 0.247 e. The summed E-state index contributed by atoms with van der Waals surface area (Å²) in [4.78, 5) is 28.5. The van der Waals surface area contributed by atoms with Gasteiger partial charge in [0.2, 0.25) is 21.8 Å². The molecule has 0 radical (unpaired) electrons. The van der Waals surface area contributed by atoms with E-state index in [1.54, 1.807) is 36.4 Å². The first-order chi connectivity index (χ1) is 17.1. The van der Waals surface area contributed by atoms with Crippen molar-refractivity contribution in [2.24, 2.45) is 0 Å². The summed E-state index contributed by atoms with van der Waals surface area (Å²) in [7, 11) is -2.24. The molecule has 1 aliphatic rings. The summed E-state index contributed by atoms with van der Waals surface area (Å²) in [6.07, 6.45) is 8.57. The smallest absolute Gasteiger partial charge is 0.247 e. The molecule has 2 amide bonds. The second-order valence-corrected chi connectivity index (χ2v) is 11.7. The molecule has 36 heavy (non-hydrogen) atoms. The van der Waals surface area contributed by atoms with Crippen molar-refractivity contribution in [1.29, 1.82) is 0 Å². The van der Waals surface area contributed by atoms with E-state index in [1.807, 2.05) is 18.2 Å². The second kappa shape index (κ2) is 13.0. The minimum Gasteiger partial charge on any atom is -0.354 e. The van der Waals surface area contributed by atoms with E-state index in [0.29, 0.717) is 17.1 Å². The van der Waals surface area contributed by atoms with Gasteiger partial charge < -0.3 is 10.2 Å². The van der Waals surface area contributed by atoms with Crippen LogP contribution >= 0.6 is 11.6 Å². The summed E-state index contributed by atoms with van der Waals surface area (Å²) in [6.45, 7) is 0.210. The van der Waals surface area contributed by atoms with Crippen LogP contribution in [0.3, 0.4) is 0 Å². The van der Waals surface area contributed by atoms with Crippen LogP contribution in [0.1, 0.15) is 49.3 Å². The molecular weight excluding hydrogens is 498 g/mol. The van der Waals surface area contributed by atoms with Crippen LogP contribution in [-0.4, -0.2) is 55.8 Å². The molecule has 0 fully saturated rings. The van der Waals surface area contributed by atoms with Gasteiger partial charge in [-0.15, -0.1) is 0 Å². The van der Waals surface area contributed by atoms with Crippen molar-refractivity contribution < 1.29 is 18.0 Å². The highest BCUT2D eigenvalue weighted by Crippen LogP contribution is 2.25. The molecule has 1 unspecified atom stereocenters. The molecule has 0 aliphatic heterocycles. The van der Waals surface area contributed by atoms with E-state index in [0.717, 1.165) is 35.4 Å². The van der Waals surface area contributed by atoms with Crippen LogP contribution < -0.4 is 5.32 Å². The fourth-order valence-corrected chi connectivity index (χ4v) is 4.66. The van der Waals surface area contributed by atoms with Gasteiger partial charge in [0.05, 0.1) is 12.8 Å². The van der Waals surface area contributed by atoms with Gasteiger partial charge >= 0.3 is 0 Å². The number of carbonyl (C=O) groups is 2. The molecule has 0 bridgehead atoms. The first-order valence-corrected chi connectivity index (χ1v) is 14.3. The maximum absolute atomic E-state index is 13.6. The third kappa shape index (κ3) is 8.18. The number of amides is 2. The zero-order chi connectivity index (χ0) is 26.1.